The molecule has 0 fully saturated rings. The average Bonchev–Trinajstić information content (AvgIpc) is 2.55. The van der Waals surface area contributed by atoms with Crippen molar-refractivity contribution in [1.82, 2.24) is 0 Å². The van der Waals surface area contributed by atoms with Gasteiger partial charge in [-0.15, -0.1) is 0 Å². The third kappa shape index (κ3) is 4.36. The standard InChI is InChI=1S/C18H21ClFNO2/c1-3-23-18-6-4-12(9-16(18)19)8-13(11-21)15-10-14(20)5-7-17(15)22-2/h4-7,9-10,13H,3,8,11,21H2,1-2H3. The Morgan fingerprint density at radius 1 is 1.17 bits per heavy atom. The SMILES string of the molecule is CCOc1ccc(CC(CN)c2cc(F)ccc2OC)cc1Cl. The molecule has 0 spiro atoms. The Bertz CT molecular complexity index is 663. The van der Waals surface area contributed by atoms with Crippen molar-refractivity contribution in [2.24, 2.45) is 5.73 Å². The molecule has 0 aromatic heterocycles. The molecule has 0 amide bonds. The van der Waals surface area contributed by atoms with E-state index in [4.69, 9.17) is 26.8 Å². The second-order valence-electron chi connectivity index (χ2n) is 5.22. The third-order valence-corrected chi connectivity index (χ3v) is 3.99. The van der Waals surface area contributed by atoms with Gasteiger partial charge in [0.25, 0.3) is 0 Å². The van der Waals surface area contributed by atoms with Crippen LogP contribution in [-0.4, -0.2) is 20.3 Å². The second kappa shape index (κ2) is 8.18. The predicted molar refractivity (Wildman–Crippen MR) is 91.1 cm³/mol. The number of halogens is 2. The second-order valence-corrected chi connectivity index (χ2v) is 5.63. The highest BCUT2D eigenvalue weighted by atomic mass is 35.5. The Morgan fingerprint density at radius 3 is 2.52 bits per heavy atom. The van der Waals surface area contributed by atoms with Crippen molar-refractivity contribution >= 4 is 11.6 Å². The first-order valence-corrected chi connectivity index (χ1v) is 7.91. The molecule has 3 nitrogen and oxygen atoms in total. The monoisotopic (exact) mass is 337 g/mol. The van der Waals surface area contributed by atoms with Gasteiger partial charge in [-0.1, -0.05) is 17.7 Å². The summed E-state index contributed by atoms with van der Waals surface area (Å²) in [7, 11) is 1.57. The topological polar surface area (TPSA) is 44.5 Å². The van der Waals surface area contributed by atoms with Crippen molar-refractivity contribution in [3.05, 3.63) is 58.4 Å². The van der Waals surface area contributed by atoms with Gasteiger partial charge in [-0.2, -0.15) is 0 Å². The van der Waals surface area contributed by atoms with E-state index in [2.05, 4.69) is 0 Å². The van der Waals surface area contributed by atoms with Crippen molar-refractivity contribution in [3.63, 3.8) is 0 Å². The molecule has 0 aliphatic carbocycles. The van der Waals surface area contributed by atoms with Crippen LogP contribution < -0.4 is 15.2 Å². The van der Waals surface area contributed by atoms with E-state index in [0.717, 1.165) is 11.1 Å². The lowest BCUT2D eigenvalue weighted by atomic mass is 9.91. The van der Waals surface area contributed by atoms with Gasteiger partial charge in [-0.3, -0.25) is 0 Å². The predicted octanol–water partition coefficient (Wildman–Crippen LogP) is 4.17. The molecule has 124 valence electrons. The first-order chi connectivity index (χ1) is 11.1. The van der Waals surface area contributed by atoms with Crippen LogP contribution in [0.3, 0.4) is 0 Å². The average molecular weight is 338 g/mol. The zero-order valence-electron chi connectivity index (χ0n) is 13.3. The minimum atomic E-state index is -0.302. The van der Waals surface area contributed by atoms with Crippen molar-refractivity contribution in [2.45, 2.75) is 19.3 Å². The van der Waals surface area contributed by atoms with Gasteiger partial charge in [0, 0.05) is 11.5 Å². The van der Waals surface area contributed by atoms with Gasteiger partial charge >= 0.3 is 0 Å². The molecule has 2 aromatic rings. The minimum Gasteiger partial charge on any atom is -0.496 e. The van der Waals surface area contributed by atoms with Gasteiger partial charge in [0.15, 0.2) is 0 Å². The number of methoxy groups -OCH3 is 1. The fourth-order valence-corrected chi connectivity index (χ4v) is 2.83. The van der Waals surface area contributed by atoms with Crippen LogP contribution in [0.25, 0.3) is 0 Å². The van der Waals surface area contributed by atoms with Crippen LogP contribution in [0.2, 0.25) is 5.02 Å². The molecule has 23 heavy (non-hydrogen) atoms. The van der Waals surface area contributed by atoms with E-state index in [1.54, 1.807) is 13.2 Å². The molecule has 2 N–H and O–H groups in total. The molecule has 2 aromatic carbocycles. The van der Waals surface area contributed by atoms with Crippen LogP contribution in [0.1, 0.15) is 24.0 Å². The zero-order chi connectivity index (χ0) is 16.8. The fraction of sp³-hybridized carbons (Fsp3) is 0.333. The zero-order valence-corrected chi connectivity index (χ0v) is 14.1. The van der Waals surface area contributed by atoms with Crippen LogP contribution in [0.15, 0.2) is 36.4 Å². The molecule has 0 aliphatic rings. The highest BCUT2D eigenvalue weighted by molar-refractivity contribution is 6.32. The molecule has 5 heteroatoms. The molecule has 0 radical (unpaired) electrons. The molecular formula is C18H21ClFNO2. The van der Waals surface area contributed by atoms with Crippen LogP contribution in [0.5, 0.6) is 11.5 Å². The smallest absolute Gasteiger partial charge is 0.137 e. The summed E-state index contributed by atoms with van der Waals surface area (Å²) in [6.07, 6.45) is 0.641. The molecule has 0 saturated carbocycles. The molecule has 2 rings (SSSR count). The Kier molecular flexibility index (Phi) is 6.25. The summed E-state index contributed by atoms with van der Waals surface area (Å²) >= 11 is 6.22. The number of benzene rings is 2. The highest BCUT2D eigenvalue weighted by Gasteiger charge is 2.17. The first kappa shape index (κ1) is 17.6. The quantitative estimate of drug-likeness (QED) is 0.824. The maximum atomic E-state index is 13.6. The number of hydrogen-bond donors (Lipinski definition) is 1. The highest BCUT2D eigenvalue weighted by Crippen LogP contribution is 2.32. The number of ether oxygens (including phenoxy) is 2. The van der Waals surface area contributed by atoms with Gasteiger partial charge < -0.3 is 15.2 Å². The first-order valence-electron chi connectivity index (χ1n) is 7.53. The van der Waals surface area contributed by atoms with Crippen LogP contribution in [0.4, 0.5) is 4.39 Å². The van der Waals surface area contributed by atoms with Gasteiger partial charge in [0.2, 0.25) is 0 Å². The lowest BCUT2D eigenvalue weighted by Crippen LogP contribution is -2.16. The molecular weight excluding hydrogens is 317 g/mol. The van der Waals surface area contributed by atoms with E-state index < -0.39 is 0 Å². The van der Waals surface area contributed by atoms with Gasteiger partial charge in [-0.25, -0.2) is 4.39 Å². The van der Waals surface area contributed by atoms with E-state index in [-0.39, 0.29) is 11.7 Å². The van der Waals surface area contributed by atoms with E-state index in [9.17, 15) is 4.39 Å². The molecule has 1 unspecified atom stereocenters. The third-order valence-electron chi connectivity index (χ3n) is 3.69. The normalized spacial score (nSPS) is 12.0. The van der Waals surface area contributed by atoms with Gasteiger partial charge in [-0.05, 0) is 55.8 Å². The Balaban J connectivity index is 2.26. The summed E-state index contributed by atoms with van der Waals surface area (Å²) in [5.74, 6) is 0.933. The largest absolute Gasteiger partial charge is 0.496 e. The van der Waals surface area contributed by atoms with Crippen LogP contribution in [0, 0.1) is 5.82 Å². The summed E-state index contributed by atoms with van der Waals surface area (Å²) in [6, 6.07) is 10.1. The maximum Gasteiger partial charge on any atom is 0.137 e. The summed E-state index contributed by atoms with van der Waals surface area (Å²) in [6.45, 7) is 2.85. The van der Waals surface area contributed by atoms with Crippen LogP contribution >= 0.6 is 11.6 Å². The van der Waals surface area contributed by atoms with Gasteiger partial charge in [0.05, 0.1) is 18.7 Å². The summed E-state index contributed by atoms with van der Waals surface area (Å²) in [4.78, 5) is 0. The number of nitrogens with two attached hydrogens (primary N) is 1. The van der Waals surface area contributed by atoms with Crippen LogP contribution in [-0.2, 0) is 6.42 Å². The lowest BCUT2D eigenvalue weighted by molar-refractivity contribution is 0.340. The van der Waals surface area contributed by atoms with E-state index in [0.29, 0.717) is 36.1 Å². The molecule has 0 aliphatic heterocycles. The van der Waals surface area contributed by atoms with Crippen molar-refractivity contribution in [2.75, 3.05) is 20.3 Å². The minimum absolute atomic E-state index is 0.0605. The molecule has 0 heterocycles. The fourth-order valence-electron chi connectivity index (χ4n) is 2.57. The Labute approximate surface area is 141 Å². The van der Waals surface area contributed by atoms with Crippen molar-refractivity contribution in [1.29, 1.82) is 0 Å². The van der Waals surface area contributed by atoms with Crippen molar-refractivity contribution < 1.29 is 13.9 Å². The Morgan fingerprint density at radius 2 is 1.91 bits per heavy atom. The molecule has 0 bridgehead atoms. The maximum absolute atomic E-state index is 13.6. The summed E-state index contributed by atoms with van der Waals surface area (Å²) < 4.78 is 24.3. The van der Waals surface area contributed by atoms with Crippen molar-refractivity contribution in [3.8, 4) is 11.5 Å². The van der Waals surface area contributed by atoms with E-state index >= 15 is 0 Å². The molecule has 1 atom stereocenters. The number of rotatable bonds is 7. The van der Waals surface area contributed by atoms with E-state index in [1.165, 1.54) is 12.1 Å². The Hall–Kier alpha value is -1.78. The lowest BCUT2D eigenvalue weighted by Gasteiger charge is -2.19. The molecule has 0 saturated heterocycles. The van der Waals surface area contributed by atoms with E-state index in [1.807, 2.05) is 25.1 Å². The summed E-state index contributed by atoms with van der Waals surface area (Å²) in [5.41, 5.74) is 7.68. The summed E-state index contributed by atoms with van der Waals surface area (Å²) in [5, 5.41) is 0.561. The van der Waals surface area contributed by atoms with Gasteiger partial charge in [0.1, 0.15) is 17.3 Å². The number of hydrogen-bond acceptors (Lipinski definition) is 3.